The van der Waals surface area contributed by atoms with E-state index in [2.05, 4.69) is 0 Å². The highest BCUT2D eigenvalue weighted by atomic mass is 16.6. The smallest absolute Gasteiger partial charge is 0.338 e. The van der Waals surface area contributed by atoms with Gasteiger partial charge in [0.25, 0.3) is 11.8 Å². The normalized spacial score (nSPS) is 29.5. The highest BCUT2D eigenvalue weighted by molar-refractivity contribution is 6.15. The third-order valence-electron chi connectivity index (χ3n) is 7.02. The first-order valence-electron chi connectivity index (χ1n) is 11.4. The fraction of sp³-hybridized carbons (Fsp3) is 0.370. The molecule has 3 heterocycles. The molecule has 1 spiro atoms. The first kappa shape index (κ1) is 23.3. The number of esters is 1. The number of ether oxygens (including phenoxy) is 2. The molecule has 0 aromatic heterocycles. The van der Waals surface area contributed by atoms with E-state index in [-0.39, 0.29) is 5.57 Å². The molecule has 3 aliphatic rings. The monoisotopic (exact) mass is 476 g/mol. The average Bonchev–Trinajstić information content (AvgIpc) is 3.33. The minimum atomic E-state index is -2.19. The summed E-state index contributed by atoms with van der Waals surface area (Å²) >= 11 is 0. The molecule has 0 aliphatic carbocycles. The summed E-state index contributed by atoms with van der Waals surface area (Å²) in [6.45, 7) is 6.70. The van der Waals surface area contributed by atoms with Gasteiger partial charge in [0.2, 0.25) is 11.2 Å². The number of hydrogen-bond donors (Lipinski definition) is 1. The van der Waals surface area contributed by atoms with Crippen LogP contribution in [0.3, 0.4) is 0 Å². The maximum absolute atomic E-state index is 13.8. The Morgan fingerprint density at radius 2 is 1.43 bits per heavy atom. The van der Waals surface area contributed by atoms with Gasteiger partial charge in [0.1, 0.15) is 11.2 Å². The van der Waals surface area contributed by atoms with E-state index in [4.69, 9.17) is 9.47 Å². The zero-order valence-corrected chi connectivity index (χ0v) is 20.6. The van der Waals surface area contributed by atoms with Gasteiger partial charge in [0, 0.05) is 25.2 Å². The molecule has 3 aliphatic heterocycles. The predicted molar refractivity (Wildman–Crippen MR) is 129 cm³/mol. The maximum atomic E-state index is 13.8. The van der Waals surface area contributed by atoms with Crippen LogP contribution >= 0.6 is 0 Å². The number of rotatable bonds is 2. The number of carbonyl (C=O) groups is 3. The number of fused-ring (bicyclic) bond motifs is 3. The van der Waals surface area contributed by atoms with Gasteiger partial charge in [-0.2, -0.15) is 0 Å². The summed E-state index contributed by atoms with van der Waals surface area (Å²) in [5, 5.41) is 12.1. The SMILES string of the molecule is CN1C(=O)[C@]2(O[C@@](C)([C@@]3(O)C(=O)N(C)c4ccccc43)C=C2C(=O)OC(C)(C)C)c2ccccc21. The second-order valence-corrected chi connectivity index (χ2v) is 10.4. The van der Waals surface area contributed by atoms with Crippen molar-refractivity contribution in [2.24, 2.45) is 0 Å². The van der Waals surface area contributed by atoms with Gasteiger partial charge in [-0.25, -0.2) is 4.79 Å². The Kier molecular flexibility index (Phi) is 4.67. The second-order valence-electron chi connectivity index (χ2n) is 10.4. The van der Waals surface area contributed by atoms with E-state index in [0.717, 1.165) is 0 Å². The summed E-state index contributed by atoms with van der Waals surface area (Å²) < 4.78 is 12.2. The van der Waals surface area contributed by atoms with Crippen molar-refractivity contribution in [3.05, 3.63) is 71.3 Å². The quantitative estimate of drug-likeness (QED) is 0.670. The van der Waals surface area contributed by atoms with Crippen LogP contribution in [0.5, 0.6) is 0 Å². The van der Waals surface area contributed by atoms with Crippen molar-refractivity contribution < 1.29 is 29.0 Å². The molecular formula is C27H28N2O6. The van der Waals surface area contributed by atoms with Crippen molar-refractivity contribution >= 4 is 29.2 Å². The van der Waals surface area contributed by atoms with Crippen LogP contribution in [-0.2, 0) is 35.1 Å². The number of aliphatic hydroxyl groups is 1. The topological polar surface area (TPSA) is 96.4 Å². The molecule has 0 fully saturated rings. The van der Waals surface area contributed by atoms with Gasteiger partial charge in [0.05, 0.1) is 16.9 Å². The molecule has 1 N–H and O–H groups in total. The standard InChI is InChI=1S/C27H28N2O6/c1-24(2,3)34-21(30)18-15-25(4,27(33)17-12-8-10-14-20(17)29(6)23(27)32)35-26(18)16-11-7-9-13-19(16)28(5)22(26)31/h7-15,33H,1-6H3/t25-,26+,27+/m1/s1. The van der Waals surface area contributed by atoms with Crippen LogP contribution in [0.1, 0.15) is 38.8 Å². The lowest BCUT2D eigenvalue weighted by atomic mass is 9.79. The van der Waals surface area contributed by atoms with E-state index in [1.165, 1.54) is 22.8 Å². The summed E-state index contributed by atoms with van der Waals surface area (Å²) in [4.78, 5) is 43.7. The molecule has 8 heteroatoms. The first-order valence-corrected chi connectivity index (χ1v) is 11.4. The molecule has 0 saturated heterocycles. The highest BCUT2D eigenvalue weighted by Gasteiger charge is 2.70. The molecule has 3 atom stereocenters. The zero-order chi connectivity index (χ0) is 25.6. The number of likely N-dealkylation sites (N-methyl/N-ethyl adjacent to an activating group) is 2. The van der Waals surface area contributed by atoms with Crippen LogP contribution < -0.4 is 9.80 Å². The lowest BCUT2D eigenvalue weighted by Gasteiger charge is -2.39. The summed E-state index contributed by atoms with van der Waals surface area (Å²) in [6.07, 6.45) is 1.39. The largest absolute Gasteiger partial charge is 0.457 e. The van der Waals surface area contributed by atoms with E-state index < -0.39 is 40.2 Å². The Bertz CT molecular complexity index is 1330. The molecule has 0 radical (unpaired) electrons. The Balaban J connectivity index is 1.76. The minimum absolute atomic E-state index is 0.0648. The van der Waals surface area contributed by atoms with Gasteiger partial charge >= 0.3 is 5.97 Å². The molecule has 0 unspecified atom stereocenters. The molecule has 2 aromatic carbocycles. The minimum Gasteiger partial charge on any atom is -0.457 e. The average molecular weight is 477 g/mol. The van der Waals surface area contributed by atoms with Crippen molar-refractivity contribution in [3.63, 3.8) is 0 Å². The van der Waals surface area contributed by atoms with Crippen LogP contribution in [0.2, 0.25) is 0 Å². The van der Waals surface area contributed by atoms with Gasteiger partial charge < -0.3 is 24.4 Å². The van der Waals surface area contributed by atoms with Gasteiger partial charge in [0.15, 0.2) is 0 Å². The second kappa shape index (κ2) is 7.02. The van der Waals surface area contributed by atoms with Crippen LogP contribution in [0.15, 0.2) is 60.2 Å². The molecule has 2 aromatic rings. The van der Waals surface area contributed by atoms with E-state index in [0.29, 0.717) is 22.5 Å². The number of benzene rings is 2. The van der Waals surface area contributed by atoms with Crippen molar-refractivity contribution in [1.29, 1.82) is 0 Å². The number of nitrogens with zero attached hydrogens (tertiary/aromatic N) is 2. The van der Waals surface area contributed by atoms with Gasteiger partial charge in [-0.3, -0.25) is 9.59 Å². The third-order valence-corrected chi connectivity index (χ3v) is 7.02. The van der Waals surface area contributed by atoms with Gasteiger partial charge in [-0.05, 0) is 45.9 Å². The number of hydrogen-bond acceptors (Lipinski definition) is 6. The van der Waals surface area contributed by atoms with Crippen LogP contribution in [0.4, 0.5) is 11.4 Å². The highest BCUT2D eigenvalue weighted by Crippen LogP contribution is 2.59. The number of carbonyl (C=O) groups excluding carboxylic acids is 3. The van der Waals surface area contributed by atoms with Crippen LogP contribution in [0.25, 0.3) is 0 Å². The van der Waals surface area contributed by atoms with E-state index >= 15 is 0 Å². The fourth-order valence-electron chi connectivity index (χ4n) is 5.40. The van der Waals surface area contributed by atoms with Crippen molar-refractivity contribution in [2.75, 3.05) is 23.9 Å². The summed E-state index contributed by atoms with van der Waals surface area (Å²) in [5.41, 5.74) is -4.89. The lowest BCUT2D eigenvalue weighted by molar-refractivity contribution is -0.196. The van der Waals surface area contributed by atoms with E-state index in [1.807, 2.05) is 0 Å². The summed E-state index contributed by atoms with van der Waals surface area (Å²) in [6, 6.07) is 13.8. The first-order chi connectivity index (χ1) is 16.3. The molecule has 5 rings (SSSR count). The summed E-state index contributed by atoms with van der Waals surface area (Å²) in [7, 11) is 3.16. The van der Waals surface area contributed by atoms with Crippen molar-refractivity contribution in [3.8, 4) is 0 Å². The molecule has 0 bridgehead atoms. The number of para-hydroxylation sites is 2. The number of amides is 2. The Hall–Kier alpha value is -3.49. The van der Waals surface area contributed by atoms with E-state index in [9.17, 15) is 19.5 Å². The molecule has 2 amide bonds. The van der Waals surface area contributed by atoms with Crippen molar-refractivity contribution in [1.82, 2.24) is 0 Å². The fourth-order valence-corrected chi connectivity index (χ4v) is 5.40. The Morgan fingerprint density at radius 3 is 2.03 bits per heavy atom. The molecule has 35 heavy (non-hydrogen) atoms. The van der Waals surface area contributed by atoms with E-state index in [1.54, 1.807) is 83.4 Å². The maximum Gasteiger partial charge on any atom is 0.338 e. The molecule has 0 saturated carbocycles. The Labute approximate surface area is 203 Å². The molecule has 8 nitrogen and oxygen atoms in total. The summed E-state index contributed by atoms with van der Waals surface area (Å²) in [5.74, 6) is -1.88. The van der Waals surface area contributed by atoms with Gasteiger partial charge in [-0.1, -0.05) is 36.4 Å². The van der Waals surface area contributed by atoms with Crippen LogP contribution in [0, 0.1) is 0 Å². The zero-order valence-electron chi connectivity index (χ0n) is 20.6. The number of anilines is 2. The lowest BCUT2D eigenvalue weighted by Crippen LogP contribution is -2.57. The third kappa shape index (κ3) is 2.84. The van der Waals surface area contributed by atoms with Crippen molar-refractivity contribution in [2.45, 2.75) is 50.1 Å². The molecule has 182 valence electrons. The van der Waals surface area contributed by atoms with Crippen LogP contribution in [-0.4, -0.2) is 48.2 Å². The van der Waals surface area contributed by atoms with Gasteiger partial charge in [-0.15, -0.1) is 0 Å². The molecular weight excluding hydrogens is 448 g/mol. The predicted octanol–water partition coefficient (Wildman–Crippen LogP) is 2.78. The Morgan fingerprint density at radius 1 is 0.914 bits per heavy atom.